The zero-order valence-electron chi connectivity index (χ0n) is 19.7. The Bertz CT molecular complexity index is 1000. The van der Waals surface area contributed by atoms with E-state index < -0.39 is 0 Å². The lowest BCUT2D eigenvalue weighted by molar-refractivity contribution is -0.134. The SMILES string of the molecule is C[C@@H]1CN([C@H](C)CO)C(=O)c2ccccc2-c2ccccc2CO[C@@H]1CN(C)C(=O)C1CC1. The van der Waals surface area contributed by atoms with Gasteiger partial charge in [0.25, 0.3) is 5.91 Å². The normalized spacial score (nSPS) is 22.1. The number of aliphatic hydroxyl groups is 1. The highest BCUT2D eigenvalue weighted by molar-refractivity contribution is 6.01. The number of amides is 2. The maximum absolute atomic E-state index is 13.8. The number of ether oxygens (including phenoxy) is 1. The molecule has 1 saturated carbocycles. The van der Waals surface area contributed by atoms with Gasteiger partial charge in [-0.25, -0.2) is 0 Å². The highest BCUT2D eigenvalue weighted by Crippen LogP contribution is 2.33. The fraction of sp³-hybridized carbons (Fsp3) is 0.481. The zero-order chi connectivity index (χ0) is 23.5. The lowest BCUT2D eigenvalue weighted by atomic mass is 9.94. The molecule has 33 heavy (non-hydrogen) atoms. The van der Waals surface area contributed by atoms with E-state index in [0.717, 1.165) is 29.5 Å². The first kappa shape index (κ1) is 23.5. The van der Waals surface area contributed by atoms with Crippen molar-refractivity contribution in [3.05, 3.63) is 59.7 Å². The smallest absolute Gasteiger partial charge is 0.254 e. The number of rotatable bonds is 5. The maximum atomic E-state index is 13.8. The third kappa shape index (κ3) is 5.12. The summed E-state index contributed by atoms with van der Waals surface area (Å²) in [5, 5.41) is 9.91. The van der Waals surface area contributed by atoms with Gasteiger partial charge in [-0.05, 0) is 42.5 Å². The average Bonchev–Trinajstić information content (AvgIpc) is 3.68. The van der Waals surface area contributed by atoms with Crippen molar-refractivity contribution in [3.63, 3.8) is 0 Å². The Morgan fingerprint density at radius 2 is 1.76 bits per heavy atom. The monoisotopic (exact) mass is 450 g/mol. The van der Waals surface area contributed by atoms with E-state index in [1.165, 1.54) is 0 Å². The summed E-state index contributed by atoms with van der Waals surface area (Å²) in [6.07, 6.45) is 1.69. The first-order valence-electron chi connectivity index (χ1n) is 11.9. The number of hydrogen-bond donors (Lipinski definition) is 1. The summed E-state index contributed by atoms with van der Waals surface area (Å²) in [6.45, 7) is 5.10. The zero-order valence-corrected chi connectivity index (χ0v) is 19.7. The summed E-state index contributed by atoms with van der Waals surface area (Å²) in [5.41, 5.74) is 3.46. The molecule has 3 atom stereocenters. The van der Waals surface area contributed by atoms with Crippen molar-refractivity contribution >= 4 is 11.8 Å². The minimum atomic E-state index is -0.338. The molecule has 6 nitrogen and oxygen atoms in total. The van der Waals surface area contributed by atoms with E-state index >= 15 is 0 Å². The lowest BCUT2D eigenvalue weighted by Crippen LogP contribution is -2.47. The van der Waals surface area contributed by atoms with Crippen molar-refractivity contribution in [3.8, 4) is 11.1 Å². The molecule has 2 amide bonds. The molecule has 176 valence electrons. The van der Waals surface area contributed by atoms with Crippen molar-refractivity contribution in [2.24, 2.45) is 11.8 Å². The molecule has 4 rings (SSSR count). The van der Waals surface area contributed by atoms with Gasteiger partial charge < -0.3 is 19.6 Å². The van der Waals surface area contributed by atoms with Crippen molar-refractivity contribution in [2.45, 2.75) is 45.4 Å². The van der Waals surface area contributed by atoms with Crippen LogP contribution in [0.1, 0.15) is 42.6 Å². The lowest BCUT2D eigenvalue weighted by Gasteiger charge is -2.35. The number of benzene rings is 2. The Hall–Kier alpha value is -2.70. The van der Waals surface area contributed by atoms with Crippen LogP contribution in [0.4, 0.5) is 0 Å². The number of hydrogen-bond acceptors (Lipinski definition) is 4. The number of fused-ring (bicyclic) bond motifs is 3. The number of carbonyl (C=O) groups is 2. The van der Waals surface area contributed by atoms with Crippen LogP contribution in [0.2, 0.25) is 0 Å². The first-order valence-corrected chi connectivity index (χ1v) is 11.9. The quantitative estimate of drug-likeness (QED) is 0.756. The largest absolute Gasteiger partial charge is 0.394 e. The molecule has 2 aromatic carbocycles. The van der Waals surface area contributed by atoms with Crippen LogP contribution in [0.3, 0.4) is 0 Å². The van der Waals surface area contributed by atoms with Crippen LogP contribution >= 0.6 is 0 Å². The van der Waals surface area contributed by atoms with Gasteiger partial charge in [-0.2, -0.15) is 0 Å². The molecule has 1 aliphatic heterocycles. The van der Waals surface area contributed by atoms with Gasteiger partial charge in [0.05, 0.1) is 25.4 Å². The summed E-state index contributed by atoms with van der Waals surface area (Å²) in [4.78, 5) is 29.9. The first-order chi connectivity index (χ1) is 15.9. The number of likely N-dealkylation sites (N-methyl/N-ethyl adjacent to an activating group) is 1. The summed E-state index contributed by atoms with van der Waals surface area (Å²) < 4.78 is 6.45. The van der Waals surface area contributed by atoms with Gasteiger partial charge in [-0.1, -0.05) is 49.4 Å². The molecule has 1 aliphatic carbocycles. The van der Waals surface area contributed by atoms with Gasteiger partial charge in [0.15, 0.2) is 0 Å². The van der Waals surface area contributed by atoms with E-state index in [-0.39, 0.29) is 42.4 Å². The second kappa shape index (κ2) is 10.1. The molecule has 1 heterocycles. The van der Waals surface area contributed by atoms with Crippen molar-refractivity contribution < 1.29 is 19.4 Å². The summed E-state index contributed by atoms with van der Waals surface area (Å²) in [5.74, 6) is 0.187. The standard InChI is InChI=1S/C27H34N2O4/c1-18-14-29(19(2)16-30)27(32)24-11-7-6-10-23(24)22-9-5-4-8-21(22)17-33-25(18)15-28(3)26(31)20-12-13-20/h4-11,18-20,25,30H,12-17H2,1-3H3/t18-,19-,25-/m1/s1. The number of nitrogens with zero attached hydrogens (tertiary/aromatic N) is 2. The second-order valence-corrected chi connectivity index (χ2v) is 9.51. The predicted molar refractivity (Wildman–Crippen MR) is 128 cm³/mol. The predicted octanol–water partition coefficient (Wildman–Crippen LogP) is 3.58. The molecule has 0 unspecified atom stereocenters. The maximum Gasteiger partial charge on any atom is 0.254 e. The minimum Gasteiger partial charge on any atom is -0.394 e. The highest BCUT2D eigenvalue weighted by Gasteiger charge is 2.35. The Labute approximate surface area is 196 Å². The summed E-state index contributed by atoms with van der Waals surface area (Å²) in [7, 11) is 1.84. The molecule has 0 aromatic heterocycles. The molecule has 1 N–H and O–H groups in total. The Kier molecular flexibility index (Phi) is 7.15. The van der Waals surface area contributed by atoms with E-state index in [9.17, 15) is 14.7 Å². The van der Waals surface area contributed by atoms with Crippen molar-refractivity contribution in [1.29, 1.82) is 0 Å². The molecule has 6 heteroatoms. The van der Waals surface area contributed by atoms with E-state index in [2.05, 4.69) is 6.92 Å². The van der Waals surface area contributed by atoms with E-state index in [0.29, 0.717) is 25.3 Å². The molecule has 2 aliphatic rings. The van der Waals surface area contributed by atoms with Crippen molar-refractivity contribution in [1.82, 2.24) is 9.80 Å². The Morgan fingerprint density at radius 3 is 2.42 bits per heavy atom. The van der Waals surface area contributed by atoms with Crippen LogP contribution in [0.5, 0.6) is 0 Å². The van der Waals surface area contributed by atoms with Crippen LogP contribution < -0.4 is 0 Å². The third-order valence-electron chi connectivity index (χ3n) is 6.85. The van der Waals surface area contributed by atoms with Crippen LogP contribution in [0.25, 0.3) is 11.1 Å². The minimum absolute atomic E-state index is 0.0326. The number of aliphatic hydroxyl groups excluding tert-OH is 1. The van der Waals surface area contributed by atoms with Crippen molar-refractivity contribution in [2.75, 3.05) is 26.7 Å². The topological polar surface area (TPSA) is 70.1 Å². The molecular formula is C27H34N2O4. The summed E-state index contributed by atoms with van der Waals surface area (Å²) in [6, 6.07) is 15.3. The van der Waals surface area contributed by atoms with Gasteiger partial charge in [0, 0.05) is 37.5 Å². The van der Waals surface area contributed by atoms with Gasteiger partial charge in [0.1, 0.15) is 0 Å². The second-order valence-electron chi connectivity index (χ2n) is 9.51. The highest BCUT2D eigenvalue weighted by atomic mass is 16.5. The average molecular weight is 451 g/mol. The van der Waals surface area contributed by atoms with Crippen LogP contribution in [0.15, 0.2) is 48.5 Å². The molecule has 0 radical (unpaired) electrons. The molecule has 1 fully saturated rings. The summed E-state index contributed by atoms with van der Waals surface area (Å²) >= 11 is 0. The van der Waals surface area contributed by atoms with Crippen LogP contribution in [-0.2, 0) is 16.1 Å². The fourth-order valence-corrected chi connectivity index (χ4v) is 4.55. The molecule has 0 bridgehead atoms. The van der Waals surface area contributed by atoms with E-state index in [1.54, 1.807) is 9.80 Å². The van der Waals surface area contributed by atoms with Crippen LogP contribution in [-0.4, -0.2) is 65.6 Å². The van der Waals surface area contributed by atoms with E-state index in [1.807, 2.05) is 62.5 Å². The Morgan fingerprint density at radius 1 is 1.12 bits per heavy atom. The van der Waals surface area contributed by atoms with E-state index in [4.69, 9.17) is 4.74 Å². The van der Waals surface area contributed by atoms with Crippen LogP contribution in [0, 0.1) is 11.8 Å². The van der Waals surface area contributed by atoms with Gasteiger partial charge >= 0.3 is 0 Å². The van der Waals surface area contributed by atoms with Gasteiger partial charge in [-0.15, -0.1) is 0 Å². The Balaban J connectivity index is 1.73. The third-order valence-corrected chi connectivity index (χ3v) is 6.85. The fourth-order valence-electron chi connectivity index (χ4n) is 4.55. The molecular weight excluding hydrogens is 416 g/mol. The molecule has 0 spiro atoms. The van der Waals surface area contributed by atoms with Gasteiger partial charge in [0.2, 0.25) is 5.91 Å². The molecule has 2 aromatic rings. The molecule has 0 saturated heterocycles. The van der Waals surface area contributed by atoms with Gasteiger partial charge in [-0.3, -0.25) is 9.59 Å². The number of carbonyl (C=O) groups excluding carboxylic acids is 2.